The molecule has 17 heavy (non-hydrogen) atoms. The number of carbonyl (C=O) groups is 1. The highest BCUT2D eigenvalue weighted by Gasteiger charge is 2.11. The van der Waals surface area contributed by atoms with E-state index in [4.69, 9.17) is 0 Å². The van der Waals surface area contributed by atoms with Crippen LogP contribution in [0.15, 0.2) is 22.7 Å². The van der Waals surface area contributed by atoms with Gasteiger partial charge >= 0.3 is 0 Å². The summed E-state index contributed by atoms with van der Waals surface area (Å²) >= 11 is 3.38. The van der Waals surface area contributed by atoms with Gasteiger partial charge in [0, 0.05) is 22.6 Å². The normalized spacial score (nSPS) is 12.6. The summed E-state index contributed by atoms with van der Waals surface area (Å²) in [5, 5.41) is 2.95. The number of rotatable bonds is 4. The van der Waals surface area contributed by atoms with Gasteiger partial charge in [-0.2, -0.15) is 0 Å². The van der Waals surface area contributed by atoms with Gasteiger partial charge in [-0.15, -0.1) is 0 Å². The average Bonchev–Trinajstić information content (AvgIpc) is 2.28. The second-order valence-corrected chi connectivity index (χ2v) is 5.40. The number of benzene rings is 1. The van der Waals surface area contributed by atoms with Gasteiger partial charge in [-0.05, 0) is 45.6 Å². The first-order valence-corrected chi connectivity index (χ1v) is 6.42. The quantitative estimate of drug-likeness (QED) is 0.926. The van der Waals surface area contributed by atoms with Crippen molar-refractivity contribution < 1.29 is 4.79 Å². The standard InChI is InChI=1S/C13H19BrN2O/c1-9-5-6-11(14)7-12(9)13(17)15-8-10(2)16(3)4/h5-7,10H,8H2,1-4H3,(H,15,17). The van der Waals surface area contributed by atoms with E-state index in [1.54, 1.807) is 0 Å². The number of nitrogens with one attached hydrogen (secondary N) is 1. The molecule has 0 bridgehead atoms. The fourth-order valence-electron chi connectivity index (χ4n) is 1.36. The number of aryl methyl sites for hydroxylation is 1. The molecule has 0 saturated carbocycles. The number of amides is 1. The Morgan fingerprint density at radius 3 is 2.71 bits per heavy atom. The van der Waals surface area contributed by atoms with Crippen LogP contribution < -0.4 is 5.32 Å². The Kier molecular flexibility index (Phi) is 5.15. The third-order valence-corrected chi connectivity index (χ3v) is 3.38. The molecule has 0 heterocycles. The molecule has 1 unspecified atom stereocenters. The molecule has 0 aliphatic rings. The zero-order valence-electron chi connectivity index (χ0n) is 10.7. The van der Waals surface area contributed by atoms with Crippen molar-refractivity contribution in [1.29, 1.82) is 0 Å². The first-order valence-electron chi connectivity index (χ1n) is 5.62. The third kappa shape index (κ3) is 4.13. The number of halogens is 1. The van der Waals surface area contributed by atoms with Crippen LogP contribution >= 0.6 is 15.9 Å². The molecule has 94 valence electrons. The molecule has 1 N–H and O–H groups in total. The van der Waals surface area contributed by atoms with Crippen molar-refractivity contribution in [2.24, 2.45) is 0 Å². The highest BCUT2D eigenvalue weighted by molar-refractivity contribution is 9.10. The summed E-state index contributed by atoms with van der Waals surface area (Å²) < 4.78 is 0.925. The van der Waals surface area contributed by atoms with E-state index in [0.29, 0.717) is 12.6 Å². The number of hydrogen-bond acceptors (Lipinski definition) is 2. The van der Waals surface area contributed by atoms with Crippen molar-refractivity contribution in [2.45, 2.75) is 19.9 Å². The molecule has 0 fully saturated rings. The largest absolute Gasteiger partial charge is 0.350 e. The lowest BCUT2D eigenvalue weighted by Gasteiger charge is -2.20. The van der Waals surface area contributed by atoms with Crippen LogP contribution in [0.25, 0.3) is 0 Å². The molecule has 1 aromatic carbocycles. The highest BCUT2D eigenvalue weighted by atomic mass is 79.9. The molecule has 1 aromatic rings. The number of nitrogens with zero attached hydrogens (tertiary/aromatic N) is 1. The van der Waals surface area contributed by atoms with Crippen LogP contribution in [0, 0.1) is 6.92 Å². The monoisotopic (exact) mass is 298 g/mol. The Hall–Kier alpha value is -0.870. The first kappa shape index (κ1) is 14.2. The molecule has 0 saturated heterocycles. The smallest absolute Gasteiger partial charge is 0.251 e. The van der Waals surface area contributed by atoms with E-state index < -0.39 is 0 Å². The minimum Gasteiger partial charge on any atom is -0.350 e. The number of likely N-dealkylation sites (N-methyl/N-ethyl adjacent to an activating group) is 1. The zero-order chi connectivity index (χ0) is 13.0. The van der Waals surface area contributed by atoms with Crippen LogP contribution in [0.1, 0.15) is 22.8 Å². The highest BCUT2D eigenvalue weighted by Crippen LogP contribution is 2.15. The lowest BCUT2D eigenvalue weighted by Crippen LogP contribution is -2.38. The van der Waals surface area contributed by atoms with Gasteiger partial charge in [0.2, 0.25) is 0 Å². The van der Waals surface area contributed by atoms with E-state index in [1.165, 1.54) is 0 Å². The summed E-state index contributed by atoms with van der Waals surface area (Å²) in [7, 11) is 4.00. The number of carbonyl (C=O) groups excluding carboxylic acids is 1. The second kappa shape index (κ2) is 6.17. The van der Waals surface area contributed by atoms with Crippen molar-refractivity contribution in [2.75, 3.05) is 20.6 Å². The van der Waals surface area contributed by atoms with Crippen molar-refractivity contribution in [3.05, 3.63) is 33.8 Å². The van der Waals surface area contributed by atoms with E-state index in [9.17, 15) is 4.79 Å². The van der Waals surface area contributed by atoms with Crippen LogP contribution in [0.3, 0.4) is 0 Å². The predicted octanol–water partition coefficient (Wildman–Crippen LogP) is 2.44. The van der Waals surface area contributed by atoms with Gasteiger partial charge in [-0.1, -0.05) is 22.0 Å². The summed E-state index contributed by atoms with van der Waals surface area (Å²) in [5.41, 5.74) is 1.72. The number of hydrogen-bond donors (Lipinski definition) is 1. The third-order valence-electron chi connectivity index (χ3n) is 2.88. The fourth-order valence-corrected chi connectivity index (χ4v) is 1.72. The maximum Gasteiger partial charge on any atom is 0.251 e. The van der Waals surface area contributed by atoms with Crippen LogP contribution in [0.4, 0.5) is 0 Å². The van der Waals surface area contributed by atoms with Gasteiger partial charge in [0.25, 0.3) is 5.91 Å². The molecule has 3 nitrogen and oxygen atoms in total. The molecule has 1 amide bonds. The lowest BCUT2D eigenvalue weighted by atomic mass is 10.1. The first-order chi connectivity index (χ1) is 7.91. The van der Waals surface area contributed by atoms with E-state index >= 15 is 0 Å². The van der Waals surface area contributed by atoms with Crippen molar-refractivity contribution >= 4 is 21.8 Å². The van der Waals surface area contributed by atoms with E-state index in [0.717, 1.165) is 15.6 Å². The van der Waals surface area contributed by atoms with E-state index in [1.807, 2.05) is 39.2 Å². The summed E-state index contributed by atoms with van der Waals surface area (Å²) in [4.78, 5) is 14.1. The molecular formula is C13H19BrN2O. The Morgan fingerprint density at radius 2 is 2.12 bits per heavy atom. The van der Waals surface area contributed by atoms with Crippen molar-refractivity contribution in [1.82, 2.24) is 10.2 Å². The molecule has 0 aliphatic heterocycles. The van der Waals surface area contributed by atoms with Gasteiger partial charge in [0.1, 0.15) is 0 Å². The molecule has 0 radical (unpaired) electrons. The molecule has 0 spiro atoms. The summed E-state index contributed by atoms with van der Waals surface area (Å²) in [6.07, 6.45) is 0. The maximum absolute atomic E-state index is 12.0. The maximum atomic E-state index is 12.0. The van der Waals surface area contributed by atoms with Gasteiger partial charge in [0.15, 0.2) is 0 Å². The summed E-state index contributed by atoms with van der Waals surface area (Å²) in [5.74, 6) is -0.0162. The molecular weight excluding hydrogens is 280 g/mol. The lowest BCUT2D eigenvalue weighted by molar-refractivity contribution is 0.0943. The van der Waals surface area contributed by atoms with Crippen LogP contribution in [0.2, 0.25) is 0 Å². The topological polar surface area (TPSA) is 32.3 Å². The van der Waals surface area contributed by atoms with Crippen LogP contribution in [-0.2, 0) is 0 Å². The van der Waals surface area contributed by atoms with Crippen LogP contribution in [-0.4, -0.2) is 37.5 Å². The van der Waals surface area contributed by atoms with Crippen molar-refractivity contribution in [3.63, 3.8) is 0 Å². The van der Waals surface area contributed by atoms with Gasteiger partial charge in [-0.25, -0.2) is 0 Å². The van der Waals surface area contributed by atoms with Crippen molar-refractivity contribution in [3.8, 4) is 0 Å². The molecule has 0 aromatic heterocycles. The zero-order valence-corrected chi connectivity index (χ0v) is 12.3. The predicted molar refractivity (Wildman–Crippen MR) is 74.4 cm³/mol. The van der Waals surface area contributed by atoms with Gasteiger partial charge < -0.3 is 10.2 Å². The summed E-state index contributed by atoms with van der Waals surface area (Å²) in [6.45, 7) is 4.67. The van der Waals surface area contributed by atoms with Gasteiger partial charge in [0.05, 0.1) is 0 Å². The minimum atomic E-state index is -0.0162. The minimum absolute atomic E-state index is 0.0162. The Balaban J connectivity index is 2.67. The Bertz CT molecular complexity index is 404. The molecule has 0 aliphatic carbocycles. The average molecular weight is 299 g/mol. The molecule has 4 heteroatoms. The summed E-state index contributed by atoms with van der Waals surface area (Å²) in [6, 6.07) is 6.06. The van der Waals surface area contributed by atoms with E-state index in [-0.39, 0.29) is 5.91 Å². The molecule has 1 atom stereocenters. The van der Waals surface area contributed by atoms with Crippen LogP contribution in [0.5, 0.6) is 0 Å². The Morgan fingerprint density at radius 1 is 1.47 bits per heavy atom. The van der Waals surface area contributed by atoms with Gasteiger partial charge in [-0.3, -0.25) is 4.79 Å². The molecule has 1 rings (SSSR count). The van der Waals surface area contributed by atoms with E-state index in [2.05, 4.69) is 33.1 Å². The SMILES string of the molecule is Cc1ccc(Br)cc1C(=O)NCC(C)N(C)C. The fraction of sp³-hybridized carbons (Fsp3) is 0.462. The second-order valence-electron chi connectivity index (χ2n) is 4.48. The Labute approximate surface area is 111 Å².